The molecule has 2 N–H and O–H groups in total. The summed E-state index contributed by atoms with van der Waals surface area (Å²) in [5.41, 5.74) is 3.37. The number of hydrogen-bond donors (Lipinski definition) is 2. The van der Waals surface area contributed by atoms with Gasteiger partial charge in [0, 0.05) is 6.04 Å². The molecule has 0 radical (unpaired) electrons. The Morgan fingerprint density at radius 3 is 2.55 bits per heavy atom. The Kier molecular flexibility index (Phi) is 4.54. The van der Waals surface area contributed by atoms with Crippen LogP contribution in [0.25, 0.3) is 11.1 Å². The van der Waals surface area contributed by atoms with Gasteiger partial charge in [0.2, 0.25) is 0 Å². The fourth-order valence-corrected chi connectivity index (χ4v) is 3.13. The summed E-state index contributed by atoms with van der Waals surface area (Å²) in [5.74, 6) is -0.884. The summed E-state index contributed by atoms with van der Waals surface area (Å²) in [6.07, 6.45) is 4.99. The molecule has 1 atom stereocenters. The molecule has 3 heteroatoms. The predicted octanol–water partition coefficient (Wildman–Crippen LogP) is 4.26. The van der Waals surface area contributed by atoms with E-state index in [1.54, 1.807) is 12.1 Å². The minimum absolute atomic E-state index is 0.350. The highest BCUT2D eigenvalue weighted by atomic mass is 16.4. The quantitative estimate of drug-likeness (QED) is 0.889. The van der Waals surface area contributed by atoms with Gasteiger partial charge in [-0.15, -0.1) is 0 Å². The summed E-state index contributed by atoms with van der Waals surface area (Å²) < 4.78 is 0. The van der Waals surface area contributed by atoms with Gasteiger partial charge in [0.05, 0.1) is 5.56 Å². The molecule has 3 rings (SSSR count). The zero-order valence-corrected chi connectivity index (χ0v) is 12.6. The van der Waals surface area contributed by atoms with Gasteiger partial charge in [-0.1, -0.05) is 55.3 Å². The smallest absolute Gasteiger partial charge is 0.336 e. The van der Waals surface area contributed by atoms with Crippen molar-refractivity contribution in [2.45, 2.75) is 31.7 Å². The van der Waals surface area contributed by atoms with Gasteiger partial charge in [-0.05, 0) is 42.1 Å². The van der Waals surface area contributed by atoms with Crippen LogP contribution in [0.2, 0.25) is 0 Å². The molecule has 0 aromatic heterocycles. The van der Waals surface area contributed by atoms with Gasteiger partial charge in [0.15, 0.2) is 0 Å². The molecular formula is C19H21NO2. The molecule has 0 saturated carbocycles. The highest BCUT2D eigenvalue weighted by Gasteiger charge is 2.15. The van der Waals surface area contributed by atoms with Crippen LogP contribution >= 0.6 is 0 Å². The number of carbonyl (C=O) groups is 1. The van der Waals surface area contributed by atoms with Crippen molar-refractivity contribution >= 4 is 5.97 Å². The van der Waals surface area contributed by atoms with E-state index in [0.29, 0.717) is 11.6 Å². The molecule has 2 aromatic rings. The lowest BCUT2D eigenvalue weighted by Gasteiger charge is -2.17. The second kappa shape index (κ2) is 6.75. The molecule has 1 aliphatic heterocycles. The van der Waals surface area contributed by atoms with Crippen molar-refractivity contribution in [3.63, 3.8) is 0 Å². The molecule has 3 nitrogen and oxygen atoms in total. The van der Waals surface area contributed by atoms with Gasteiger partial charge in [-0.3, -0.25) is 0 Å². The maximum absolute atomic E-state index is 11.3. The van der Waals surface area contributed by atoms with E-state index in [2.05, 4.69) is 17.4 Å². The number of nitrogens with one attached hydrogen (secondary N) is 1. The normalized spacial score (nSPS) is 18.6. The summed E-state index contributed by atoms with van der Waals surface area (Å²) >= 11 is 0. The van der Waals surface area contributed by atoms with Crippen LogP contribution in [0.1, 0.15) is 47.6 Å². The molecule has 114 valence electrons. The number of aromatic carboxylic acids is 1. The van der Waals surface area contributed by atoms with Gasteiger partial charge in [-0.2, -0.15) is 0 Å². The maximum Gasteiger partial charge on any atom is 0.336 e. The van der Waals surface area contributed by atoms with Gasteiger partial charge >= 0.3 is 5.97 Å². The van der Waals surface area contributed by atoms with Crippen molar-refractivity contribution in [3.05, 3.63) is 59.7 Å². The van der Waals surface area contributed by atoms with Crippen LogP contribution in [-0.2, 0) is 0 Å². The third kappa shape index (κ3) is 3.20. The average molecular weight is 295 g/mol. The summed E-state index contributed by atoms with van der Waals surface area (Å²) in [5, 5.41) is 12.9. The average Bonchev–Trinajstić information content (AvgIpc) is 2.84. The first-order chi connectivity index (χ1) is 10.8. The van der Waals surface area contributed by atoms with E-state index in [1.165, 1.54) is 31.2 Å². The van der Waals surface area contributed by atoms with Crippen LogP contribution in [0.4, 0.5) is 0 Å². The minimum Gasteiger partial charge on any atom is -0.478 e. The van der Waals surface area contributed by atoms with Crippen molar-refractivity contribution in [2.75, 3.05) is 6.54 Å². The van der Waals surface area contributed by atoms with E-state index in [9.17, 15) is 9.90 Å². The van der Waals surface area contributed by atoms with Crippen LogP contribution in [0.3, 0.4) is 0 Å². The third-order valence-corrected chi connectivity index (χ3v) is 4.34. The SMILES string of the molecule is O=C(O)c1ccccc1-c1ccc(C2CCCCCN2)cc1. The molecule has 0 spiro atoms. The van der Waals surface area contributed by atoms with Crippen molar-refractivity contribution in [1.82, 2.24) is 5.32 Å². The Morgan fingerprint density at radius 2 is 1.77 bits per heavy atom. The topological polar surface area (TPSA) is 49.3 Å². The van der Waals surface area contributed by atoms with E-state index < -0.39 is 5.97 Å². The number of benzene rings is 2. The molecule has 0 aliphatic carbocycles. The number of carboxylic acids is 1. The molecular weight excluding hydrogens is 274 g/mol. The Labute approximate surface area is 131 Å². The Balaban J connectivity index is 1.87. The van der Waals surface area contributed by atoms with Crippen LogP contribution in [0.5, 0.6) is 0 Å². The Bertz CT molecular complexity index is 641. The second-order valence-electron chi connectivity index (χ2n) is 5.83. The molecule has 2 aromatic carbocycles. The van der Waals surface area contributed by atoms with Gasteiger partial charge in [0.1, 0.15) is 0 Å². The molecule has 22 heavy (non-hydrogen) atoms. The van der Waals surface area contributed by atoms with Crippen molar-refractivity contribution < 1.29 is 9.90 Å². The first-order valence-electron chi connectivity index (χ1n) is 7.92. The Hall–Kier alpha value is -2.13. The molecule has 1 heterocycles. The first-order valence-corrected chi connectivity index (χ1v) is 7.92. The first kappa shape index (κ1) is 14.8. The van der Waals surface area contributed by atoms with E-state index in [0.717, 1.165) is 17.7 Å². The van der Waals surface area contributed by atoms with Gasteiger partial charge < -0.3 is 10.4 Å². The molecule has 1 aliphatic rings. The lowest BCUT2D eigenvalue weighted by Crippen LogP contribution is -2.20. The van der Waals surface area contributed by atoms with E-state index >= 15 is 0 Å². The largest absolute Gasteiger partial charge is 0.478 e. The second-order valence-corrected chi connectivity index (χ2v) is 5.83. The van der Waals surface area contributed by atoms with Crippen molar-refractivity contribution in [2.24, 2.45) is 0 Å². The van der Waals surface area contributed by atoms with E-state index in [1.807, 2.05) is 24.3 Å². The molecule has 1 unspecified atom stereocenters. The summed E-state index contributed by atoms with van der Waals surface area (Å²) in [4.78, 5) is 11.3. The number of rotatable bonds is 3. The number of hydrogen-bond acceptors (Lipinski definition) is 2. The summed E-state index contributed by atoms with van der Waals surface area (Å²) in [6, 6.07) is 15.9. The van der Waals surface area contributed by atoms with E-state index in [-0.39, 0.29) is 0 Å². The molecule has 0 amide bonds. The van der Waals surface area contributed by atoms with Gasteiger partial charge in [0.25, 0.3) is 0 Å². The fraction of sp³-hybridized carbons (Fsp3) is 0.316. The monoisotopic (exact) mass is 295 g/mol. The zero-order chi connectivity index (χ0) is 15.4. The molecule has 0 bridgehead atoms. The maximum atomic E-state index is 11.3. The lowest BCUT2D eigenvalue weighted by molar-refractivity contribution is 0.0697. The molecule has 1 saturated heterocycles. The minimum atomic E-state index is -0.884. The van der Waals surface area contributed by atoms with Crippen LogP contribution < -0.4 is 5.32 Å². The lowest BCUT2D eigenvalue weighted by atomic mass is 9.96. The highest BCUT2D eigenvalue weighted by Crippen LogP contribution is 2.27. The Morgan fingerprint density at radius 1 is 1.00 bits per heavy atom. The standard InChI is InChI=1S/C19H21NO2/c21-19(22)17-7-4-3-6-16(17)14-9-11-15(12-10-14)18-8-2-1-5-13-20-18/h3-4,6-7,9-12,18,20H,1-2,5,8,13H2,(H,21,22). The van der Waals surface area contributed by atoms with Crippen LogP contribution in [0.15, 0.2) is 48.5 Å². The van der Waals surface area contributed by atoms with Crippen molar-refractivity contribution in [3.8, 4) is 11.1 Å². The van der Waals surface area contributed by atoms with E-state index in [4.69, 9.17) is 0 Å². The molecule has 1 fully saturated rings. The fourth-order valence-electron chi connectivity index (χ4n) is 3.13. The number of carboxylic acid groups (broad SMARTS) is 1. The zero-order valence-electron chi connectivity index (χ0n) is 12.6. The predicted molar refractivity (Wildman–Crippen MR) is 88.0 cm³/mol. The summed E-state index contributed by atoms with van der Waals surface area (Å²) in [7, 11) is 0. The highest BCUT2D eigenvalue weighted by molar-refractivity contribution is 5.95. The summed E-state index contributed by atoms with van der Waals surface area (Å²) in [6.45, 7) is 1.08. The van der Waals surface area contributed by atoms with Crippen LogP contribution in [-0.4, -0.2) is 17.6 Å². The van der Waals surface area contributed by atoms with Crippen molar-refractivity contribution in [1.29, 1.82) is 0 Å². The van der Waals surface area contributed by atoms with Crippen LogP contribution in [0, 0.1) is 0 Å². The van der Waals surface area contributed by atoms with Gasteiger partial charge in [-0.25, -0.2) is 4.79 Å². The third-order valence-electron chi connectivity index (χ3n) is 4.34.